The molecular weight excluding hydrogens is 455 g/mol. The van der Waals surface area contributed by atoms with Crippen LogP contribution in [0.4, 0.5) is 20.6 Å². The second-order valence-electron chi connectivity index (χ2n) is 8.59. The number of benzene rings is 3. The van der Waals surface area contributed by atoms with Gasteiger partial charge in [0, 0.05) is 32.0 Å². The summed E-state index contributed by atoms with van der Waals surface area (Å²) in [6.45, 7) is 0.577. The van der Waals surface area contributed by atoms with Crippen molar-refractivity contribution in [3.8, 4) is 11.1 Å². The van der Waals surface area contributed by atoms with Gasteiger partial charge in [0.05, 0.1) is 5.02 Å². The van der Waals surface area contributed by atoms with Gasteiger partial charge in [0.2, 0.25) is 5.89 Å². The van der Waals surface area contributed by atoms with Crippen LogP contribution in [0.1, 0.15) is 24.8 Å². The lowest BCUT2D eigenvalue weighted by molar-refractivity contribution is 0.199. The topological polar surface area (TPSA) is 61.6 Å². The number of halogens is 2. The maximum atomic E-state index is 13.4. The van der Waals surface area contributed by atoms with E-state index in [4.69, 9.17) is 21.0 Å². The number of fused-ring (bicyclic) bond motifs is 1. The molecule has 6 nitrogen and oxygen atoms in total. The van der Waals surface area contributed by atoms with Crippen LogP contribution >= 0.6 is 11.6 Å². The zero-order valence-electron chi connectivity index (χ0n) is 18.9. The Balaban J connectivity index is 1.37. The molecule has 2 amide bonds. The number of likely N-dealkylation sites (tertiary alicyclic amines) is 1. The van der Waals surface area contributed by atoms with Crippen molar-refractivity contribution in [3.63, 3.8) is 0 Å². The number of carbonyl (C=O) groups excluding carboxylic acids is 1. The summed E-state index contributed by atoms with van der Waals surface area (Å²) in [6, 6.07) is 17.8. The first-order valence-electron chi connectivity index (χ1n) is 11.1. The molecular formula is C26H24ClFN4O2. The van der Waals surface area contributed by atoms with E-state index in [0.717, 1.165) is 35.2 Å². The molecule has 1 unspecified atom stereocenters. The molecule has 0 saturated carbocycles. The summed E-state index contributed by atoms with van der Waals surface area (Å²) in [5.41, 5.74) is 5.15. The number of anilines is 2. The third kappa shape index (κ3) is 4.31. The van der Waals surface area contributed by atoms with Crippen LogP contribution in [0.25, 0.3) is 22.2 Å². The molecule has 1 aromatic heterocycles. The van der Waals surface area contributed by atoms with Crippen LogP contribution in [0, 0.1) is 5.82 Å². The van der Waals surface area contributed by atoms with Gasteiger partial charge in [0.1, 0.15) is 17.4 Å². The van der Waals surface area contributed by atoms with Crippen molar-refractivity contribution in [1.82, 2.24) is 9.88 Å². The van der Waals surface area contributed by atoms with Gasteiger partial charge < -0.3 is 19.5 Å². The number of hydrogen-bond donors (Lipinski definition) is 1. The lowest BCUT2D eigenvalue weighted by atomic mass is 10.0. The number of urea groups is 1. The summed E-state index contributed by atoms with van der Waals surface area (Å²) >= 11 is 5.84. The molecule has 4 aromatic rings. The molecule has 5 rings (SSSR count). The predicted octanol–water partition coefficient (Wildman–Crippen LogP) is 6.72. The van der Waals surface area contributed by atoms with Crippen molar-refractivity contribution in [2.45, 2.75) is 18.9 Å². The number of amides is 2. The number of oxazole rings is 1. The molecule has 1 aliphatic rings. The Bertz CT molecular complexity index is 1350. The largest absolute Gasteiger partial charge is 0.438 e. The monoisotopic (exact) mass is 478 g/mol. The minimum atomic E-state index is -0.529. The Morgan fingerprint density at radius 1 is 1.12 bits per heavy atom. The summed E-state index contributed by atoms with van der Waals surface area (Å²) in [5.74, 6) is -0.0157. The average Bonchev–Trinajstić information content (AvgIpc) is 3.48. The number of aromatic nitrogens is 1. The normalized spacial score (nSPS) is 15.6. The number of carbonyl (C=O) groups is 1. The third-order valence-corrected chi connectivity index (χ3v) is 6.38. The summed E-state index contributed by atoms with van der Waals surface area (Å²) in [7, 11) is 4.03. The molecule has 8 heteroatoms. The van der Waals surface area contributed by atoms with Gasteiger partial charge in [-0.25, -0.2) is 14.2 Å². The molecule has 174 valence electrons. The highest BCUT2D eigenvalue weighted by Gasteiger charge is 2.33. The van der Waals surface area contributed by atoms with Crippen molar-refractivity contribution >= 4 is 40.1 Å². The predicted molar refractivity (Wildman–Crippen MR) is 133 cm³/mol. The fourth-order valence-electron chi connectivity index (χ4n) is 4.26. The zero-order valence-corrected chi connectivity index (χ0v) is 19.6. The van der Waals surface area contributed by atoms with Crippen LogP contribution in [0.5, 0.6) is 0 Å². The highest BCUT2D eigenvalue weighted by atomic mass is 35.5. The SMILES string of the molecule is CN(C)c1ccc(-c2ccc3oc(C4CCCN4C(=O)Nc4ccc(F)c(Cl)c4)nc3c2)cc1. The van der Waals surface area contributed by atoms with Crippen molar-refractivity contribution < 1.29 is 13.6 Å². The van der Waals surface area contributed by atoms with Crippen LogP contribution in [0.3, 0.4) is 0 Å². The van der Waals surface area contributed by atoms with E-state index in [2.05, 4.69) is 34.5 Å². The van der Waals surface area contributed by atoms with Gasteiger partial charge in [-0.1, -0.05) is 29.8 Å². The second-order valence-corrected chi connectivity index (χ2v) is 8.99. The van der Waals surface area contributed by atoms with E-state index >= 15 is 0 Å². The van der Waals surface area contributed by atoms with Crippen LogP contribution in [-0.2, 0) is 0 Å². The molecule has 1 fully saturated rings. The van der Waals surface area contributed by atoms with Crippen molar-refractivity contribution in [2.24, 2.45) is 0 Å². The Hall–Kier alpha value is -3.58. The van der Waals surface area contributed by atoms with E-state index in [9.17, 15) is 9.18 Å². The fraction of sp³-hybridized carbons (Fsp3) is 0.231. The number of nitrogens with one attached hydrogen (secondary N) is 1. The molecule has 34 heavy (non-hydrogen) atoms. The van der Waals surface area contributed by atoms with Gasteiger partial charge in [-0.05, 0) is 66.4 Å². The lowest BCUT2D eigenvalue weighted by Crippen LogP contribution is -2.34. The molecule has 0 aliphatic carbocycles. The molecule has 3 aromatic carbocycles. The molecule has 1 saturated heterocycles. The van der Waals surface area contributed by atoms with Crippen molar-refractivity contribution in [3.05, 3.63) is 77.4 Å². The van der Waals surface area contributed by atoms with Gasteiger partial charge >= 0.3 is 6.03 Å². The van der Waals surface area contributed by atoms with Gasteiger partial charge in [-0.3, -0.25) is 0 Å². The third-order valence-electron chi connectivity index (χ3n) is 6.09. The maximum Gasteiger partial charge on any atom is 0.322 e. The van der Waals surface area contributed by atoms with E-state index < -0.39 is 5.82 Å². The van der Waals surface area contributed by atoms with Gasteiger partial charge in [0.15, 0.2) is 5.58 Å². The minimum Gasteiger partial charge on any atom is -0.438 e. The summed E-state index contributed by atoms with van der Waals surface area (Å²) in [5, 5.41) is 2.75. The number of hydrogen-bond acceptors (Lipinski definition) is 4. The van der Waals surface area contributed by atoms with Crippen molar-refractivity contribution in [1.29, 1.82) is 0 Å². The Morgan fingerprint density at radius 2 is 1.88 bits per heavy atom. The maximum absolute atomic E-state index is 13.4. The summed E-state index contributed by atoms with van der Waals surface area (Å²) in [6.07, 6.45) is 1.59. The highest BCUT2D eigenvalue weighted by molar-refractivity contribution is 6.31. The van der Waals surface area contributed by atoms with Gasteiger partial charge in [-0.15, -0.1) is 0 Å². The molecule has 0 spiro atoms. The Morgan fingerprint density at radius 3 is 2.62 bits per heavy atom. The van der Waals surface area contributed by atoms with Crippen molar-refractivity contribution in [2.75, 3.05) is 30.9 Å². The lowest BCUT2D eigenvalue weighted by Gasteiger charge is -2.22. The van der Waals surface area contributed by atoms with Crippen LogP contribution < -0.4 is 10.2 Å². The number of nitrogens with zero attached hydrogens (tertiary/aromatic N) is 3. The standard InChI is InChI=1S/C26H24ClFN4O2/c1-31(2)19-9-5-16(6-10-19)17-7-12-24-22(14-17)30-25(34-24)23-4-3-13-32(23)26(33)29-18-8-11-21(28)20(27)15-18/h5-12,14-15,23H,3-4,13H2,1-2H3,(H,29,33). The molecule has 1 N–H and O–H groups in total. The zero-order chi connectivity index (χ0) is 23.8. The molecule has 2 heterocycles. The van der Waals surface area contributed by atoms with Crippen LogP contribution in [-0.4, -0.2) is 36.6 Å². The second kappa shape index (κ2) is 8.99. The van der Waals surface area contributed by atoms with E-state index in [1.54, 1.807) is 4.90 Å². The molecule has 1 atom stereocenters. The fourth-order valence-corrected chi connectivity index (χ4v) is 4.44. The van der Waals surface area contributed by atoms with Crippen LogP contribution in [0.2, 0.25) is 5.02 Å². The highest BCUT2D eigenvalue weighted by Crippen LogP contribution is 2.35. The van der Waals surface area contributed by atoms with Gasteiger partial charge in [-0.2, -0.15) is 0 Å². The minimum absolute atomic E-state index is 0.0399. The first kappa shape index (κ1) is 22.2. The first-order valence-corrected chi connectivity index (χ1v) is 11.5. The van der Waals surface area contributed by atoms with E-state index in [-0.39, 0.29) is 17.1 Å². The Kier molecular flexibility index (Phi) is 5.87. The molecule has 1 aliphatic heterocycles. The summed E-state index contributed by atoms with van der Waals surface area (Å²) < 4.78 is 19.5. The molecule has 0 radical (unpaired) electrons. The van der Waals surface area contributed by atoms with Gasteiger partial charge in [0.25, 0.3) is 0 Å². The number of rotatable bonds is 4. The smallest absolute Gasteiger partial charge is 0.322 e. The average molecular weight is 479 g/mol. The quantitative estimate of drug-likeness (QED) is 0.353. The Labute approximate surface area is 201 Å². The van der Waals surface area contributed by atoms with E-state index in [1.807, 2.05) is 32.3 Å². The molecule has 0 bridgehead atoms. The van der Waals surface area contributed by atoms with Crippen LogP contribution in [0.15, 0.2) is 65.1 Å². The first-order chi connectivity index (χ1) is 16.4. The van der Waals surface area contributed by atoms with E-state index in [1.165, 1.54) is 18.2 Å². The van der Waals surface area contributed by atoms with E-state index in [0.29, 0.717) is 23.7 Å². The summed E-state index contributed by atoms with van der Waals surface area (Å²) in [4.78, 5) is 21.4.